The van der Waals surface area contributed by atoms with Gasteiger partial charge >= 0.3 is 0 Å². The Morgan fingerprint density at radius 1 is 1.50 bits per heavy atom. The van der Waals surface area contributed by atoms with Gasteiger partial charge in [-0.3, -0.25) is 4.90 Å². The molecule has 46 valence electrons. The largest absolute Gasteiger partial charge is 0.268 e. The molecule has 2 nitrogen and oxygen atoms in total. The van der Waals surface area contributed by atoms with Crippen LogP contribution in [0.2, 0.25) is 0 Å². The van der Waals surface area contributed by atoms with E-state index in [-0.39, 0.29) is 0 Å². The van der Waals surface area contributed by atoms with Gasteiger partial charge in [-0.1, -0.05) is 0 Å². The van der Waals surface area contributed by atoms with E-state index in [0.29, 0.717) is 0 Å². The fraction of sp³-hybridized carbons (Fsp3) is 0.500. The summed E-state index contributed by atoms with van der Waals surface area (Å²) in [6.07, 6.45) is 0. The van der Waals surface area contributed by atoms with E-state index in [9.17, 15) is 0 Å². The molecule has 0 saturated heterocycles. The first kappa shape index (κ1) is 7.21. The summed E-state index contributed by atoms with van der Waals surface area (Å²) in [5.74, 6) is 0.907. The van der Waals surface area contributed by atoms with Crippen molar-refractivity contribution in [1.29, 1.82) is 0 Å². The van der Waals surface area contributed by atoms with Gasteiger partial charge in [0.1, 0.15) is 0 Å². The van der Waals surface area contributed by atoms with Gasteiger partial charge < -0.3 is 0 Å². The maximum atomic E-state index is 3.74. The van der Waals surface area contributed by atoms with Gasteiger partial charge in [-0.15, -0.1) is 0 Å². The van der Waals surface area contributed by atoms with Crippen molar-refractivity contribution in [2.24, 2.45) is 0 Å². The summed E-state index contributed by atoms with van der Waals surface area (Å²) in [4.78, 5) is 1.91. The van der Waals surface area contributed by atoms with E-state index in [1.165, 1.54) is 0 Å². The van der Waals surface area contributed by atoms with Gasteiger partial charge in [0.2, 0.25) is 0 Å². The van der Waals surface area contributed by atoms with Gasteiger partial charge in [0.05, 0.1) is 27.9 Å². The third-order valence-electron chi connectivity index (χ3n) is 0.957. The van der Waals surface area contributed by atoms with Crippen LogP contribution >= 0.6 is 0 Å². The monoisotopic (exact) mass is 113 g/mol. The smallest absolute Gasteiger partial charge is 0.267 e. The van der Waals surface area contributed by atoms with E-state index in [0.717, 1.165) is 5.82 Å². The minimum absolute atomic E-state index is 0.907. The Labute approximate surface area is 50.7 Å². The van der Waals surface area contributed by atoms with Gasteiger partial charge in [0.15, 0.2) is 0 Å². The summed E-state index contributed by atoms with van der Waals surface area (Å²) in [7, 11) is 5.73. The first-order valence-corrected chi connectivity index (χ1v) is 2.46. The van der Waals surface area contributed by atoms with E-state index in [4.69, 9.17) is 0 Å². The Morgan fingerprint density at radius 3 is 1.88 bits per heavy atom. The molecular weight excluding hydrogens is 100 g/mol. The Kier molecular flexibility index (Phi) is 2.25. The second kappa shape index (κ2) is 2.50. The summed E-state index contributed by atoms with van der Waals surface area (Å²) in [5.41, 5.74) is 0. The third-order valence-corrected chi connectivity index (χ3v) is 0.957. The van der Waals surface area contributed by atoms with Crippen molar-refractivity contribution >= 4 is 6.72 Å². The van der Waals surface area contributed by atoms with E-state index in [1.807, 2.05) is 26.0 Å². The fourth-order valence-corrected chi connectivity index (χ4v) is 0.341. The minimum Gasteiger partial charge on any atom is -0.268 e. The van der Waals surface area contributed by atoms with Crippen LogP contribution in [0.4, 0.5) is 0 Å². The summed E-state index contributed by atoms with van der Waals surface area (Å²) in [6, 6.07) is 0. The molecule has 0 amide bonds. The van der Waals surface area contributed by atoms with Crippen LogP contribution in [0, 0.1) is 0 Å². The van der Waals surface area contributed by atoms with Crippen LogP contribution in [-0.4, -0.2) is 37.3 Å². The second-order valence-corrected chi connectivity index (χ2v) is 2.01. The first-order chi connectivity index (χ1) is 3.55. The third kappa shape index (κ3) is 1.78. The fourth-order valence-electron chi connectivity index (χ4n) is 0.341. The molecule has 8 heavy (non-hydrogen) atoms. The molecule has 0 radical (unpaired) electrons. The number of nitrogens with zero attached hydrogens (tertiary/aromatic N) is 2. The highest BCUT2D eigenvalue weighted by molar-refractivity contribution is 5.16. The maximum Gasteiger partial charge on any atom is 0.267 e. The molecule has 0 aromatic heterocycles. The van der Waals surface area contributed by atoms with E-state index in [1.54, 1.807) is 4.58 Å². The zero-order valence-electron chi connectivity index (χ0n) is 5.81. The molecular formula is C6H13N2+. The quantitative estimate of drug-likeness (QED) is 0.370. The number of hydrogen-bond donors (Lipinski definition) is 0. The minimum atomic E-state index is 0.907. The topological polar surface area (TPSA) is 6.25 Å². The van der Waals surface area contributed by atoms with Gasteiger partial charge in [0, 0.05) is 0 Å². The van der Waals surface area contributed by atoms with Crippen LogP contribution in [0.1, 0.15) is 0 Å². The molecule has 0 fully saturated rings. The average Bonchev–Trinajstić information content (AvgIpc) is 1.64. The predicted molar refractivity (Wildman–Crippen MR) is 36.1 cm³/mol. The van der Waals surface area contributed by atoms with Crippen LogP contribution < -0.4 is 0 Å². The van der Waals surface area contributed by atoms with Crippen LogP contribution in [-0.2, 0) is 0 Å². The van der Waals surface area contributed by atoms with Crippen LogP contribution in [0.3, 0.4) is 0 Å². The normalized spacial score (nSPS) is 8.38. The zero-order valence-corrected chi connectivity index (χ0v) is 5.81. The molecule has 0 rings (SSSR count). The molecule has 0 N–H and O–H groups in total. The molecule has 0 spiro atoms. The highest BCUT2D eigenvalue weighted by Gasteiger charge is 2.01. The molecule has 0 aromatic rings. The predicted octanol–water partition coefficient (Wildman–Crippen LogP) is 0.362. The highest BCUT2D eigenvalue weighted by Crippen LogP contribution is 1.90. The van der Waals surface area contributed by atoms with E-state index in [2.05, 4.69) is 13.3 Å². The highest BCUT2D eigenvalue weighted by atomic mass is 15.2. The summed E-state index contributed by atoms with van der Waals surface area (Å²) in [5, 5.41) is 0. The Bertz CT molecular complexity index is 114. The van der Waals surface area contributed by atoms with E-state index >= 15 is 0 Å². The lowest BCUT2D eigenvalue weighted by Gasteiger charge is -2.06. The molecule has 0 aliphatic heterocycles. The second-order valence-electron chi connectivity index (χ2n) is 2.01. The summed E-state index contributed by atoms with van der Waals surface area (Å²) >= 11 is 0. The molecule has 0 bridgehead atoms. The molecule has 0 heterocycles. The maximum absolute atomic E-state index is 3.74. The van der Waals surface area contributed by atoms with Crippen LogP contribution in [0.5, 0.6) is 0 Å². The summed E-state index contributed by atoms with van der Waals surface area (Å²) < 4.78 is 1.72. The van der Waals surface area contributed by atoms with Gasteiger partial charge in [-0.05, 0) is 6.58 Å². The summed E-state index contributed by atoms with van der Waals surface area (Å²) in [6.45, 7) is 7.39. The standard InChI is InChI=1S/C6H13N2/c1-6(7(2)3)8(4)5/h1-2H2,3-5H3/q+1. The molecule has 0 atom stereocenters. The van der Waals surface area contributed by atoms with Gasteiger partial charge in [0.25, 0.3) is 5.82 Å². The van der Waals surface area contributed by atoms with Crippen molar-refractivity contribution < 1.29 is 4.58 Å². The van der Waals surface area contributed by atoms with Crippen LogP contribution in [0.25, 0.3) is 0 Å². The zero-order chi connectivity index (χ0) is 6.73. The van der Waals surface area contributed by atoms with Crippen LogP contribution in [0.15, 0.2) is 12.4 Å². The lowest BCUT2D eigenvalue weighted by Crippen LogP contribution is -2.18. The molecule has 0 aliphatic rings. The van der Waals surface area contributed by atoms with Crippen molar-refractivity contribution in [3.63, 3.8) is 0 Å². The van der Waals surface area contributed by atoms with Gasteiger partial charge in [-0.25, -0.2) is 4.58 Å². The Balaban J connectivity index is 3.84. The van der Waals surface area contributed by atoms with Crippen molar-refractivity contribution in [2.75, 3.05) is 21.1 Å². The molecule has 2 heteroatoms. The molecule has 0 aliphatic carbocycles. The van der Waals surface area contributed by atoms with E-state index < -0.39 is 0 Å². The molecule has 0 saturated carbocycles. The van der Waals surface area contributed by atoms with Crippen molar-refractivity contribution in [3.05, 3.63) is 12.4 Å². The van der Waals surface area contributed by atoms with Crippen molar-refractivity contribution in [1.82, 2.24) is 4.90 Å². The lowest BCUT2D eigenvalue weighted by atomic mass is 10.7. The average molecular weight is 113 g/mol. The molecule has 0 unspecified atom stereocenters. The van der Waals surface area contributed by atoms with Gasteiger partial charge in [-0.2, -0.15) is 0 Å². The first-order valence-electron chi connectivity index (χ1n) is 2.46. The Hall–Kier alpha value is -0.790. The number of rotatable bonds is 2. The Morgan fingerprint density at radius 2 is 1.88 bits per heavy atom. The molecule has 0 aromatic carbocycles. The van der Waals surface area contributed by atoms with Crippen molar-refractivity contribution in [2.45, 2.75) is 0 Å². The van der Waals surface area contributed by atoms with Crippen molar-refractivity contribution in [3.8, 4) is 0 Å². The number of hydrogen-bond acceptors (Lipinski definition) is 1. The SMILES string of the molecule is C=C(N(C)C)[N+](=C)C. The lowest BCUT2D eigenvalue weighted by molar-refractivity contribution is -0.451.